The molecule has 1 aromatic carbocycles. The van der Waals surface area contributed by atoms with E-state index in [2.05, 4.69) is 15.5 Å². The Morgan fingerprint density at radius 1 is 1.22 bits per heavy atom. The van der Waals surface area contributed by atoms with Crippen LogP contribution in [0.3, 0.4) is 0 Å². The Morgan fingerprint density at radius 3 is 2.67 bits per heavy atom. The van der Waals surface area contributed by atoms with Crippen molar-refractivity contribution in [3.8, 4) is 11.6 Å². The number of benzene rings is 1. The van der Waals surface area contributed by atoms with Gasteiger partial charge < -0.3 is 10.1 Å². The Morgan fingerprint density at radius 2 is 1.96 bits per heavy atom. The number of carbonyl (C=O) groups excluding carboxylic acids is 1. The van der Waals surface area contributed by atoms with E-state index in [9.17, 15) is 4.79 Å². The molecular weight excluding hydrogens is 342 g/mol. The van der Waals surface area contributed by atoms with Gasteiger partial charge >= 0.3 is 0 Å². The number of para-hydroxylation sites is 1. The highest BCUT2D eigenvalue weighted by Crippen LogP contribution is 2.19. The molecule has 0 bridgehead atoms. The molecule has 0 aliphatic rings. The lowest BCUT2D eigenvalue weighted by molar-refractivity contribution is -0.127. The third-order valence-electron chi connectivity index (χ3n) is 4.26. The molecule has 0 fully saturated rings. The molecular formula is C20H25N5O2. The average Bonchev–Trinajstić information content (AvgIpc) is 3.22. The number of rotatable bonds is 7. The molecule has 3 aromatic rings. The zero-order valence-corrected chi connectivity index (χ0v) is 16.1. The molecule has 0 radical (unpaired) electrons. The summed E-state index contributed by atoms with van der Waals surface area (Å²) in [6, 6.07) is 11.8. The molecule has 142 valence electrons. The summed E-state index contributed by atoms with van der Waals surface area (Å²) in [4.78, 5) is 12.4. The van der Waals surface area contributed by atoms with Crippen LogP contribution < -0.4 is 10.1 Å². The SMILES string of the molecule is CCn1nc(C)cc1CNC(=O)C(C)Oc1nn(-c2ccccc2)cc1C. The highest BCUT2D eigenvalue weighted by atomic mass is 16.5. The van der Waals surface area contributed by atoms with Crippen LogP contribution in [-0.4, -0.2) is 31.6 Å². The van der Waals surface area contributed by atoms with Crippen LogP contribution in [0.2, 0.25) is 0 Å². The Balaban J connectivity index is 1.62. The van der Waals surface area contributed by atoms with Crippen molar-refractivity contribution in [3.05, 3.63) is 59.5 Å². The van der Waals surface area contributed by atoms with Crippen molar-refractivity contribution < 1.29 is 9.53 Å². The lowest BCUT2D eigenvalue weighted by atomic mass is 10.3. The van der Waals surface area contributed by atoms with Gasteiger partial charge in [0.25, 0.3) is 5.91 Å². The molecule has 1 N–H and O–H groups in total. The molecule has 0 saturated heterocycles. The van der Waals surface area contributed by atoms with Crippen molar-refractivity contribution in [2.24, 2.45) is 0 Å². The summed E-state index contributed by atoms with van der Waals surface area (Å²) in [5.74, 6) is 0.265. The third-order valence-corrected chi connectivity index (χ3v) is 4.26. The number of nitrogens with zero attached hydrogens (tertiary/aromatic N) is 4. The van der Waals surface area contributed by atoms with Crippen LogP contribution >= 0.6 is 0 Å². The molecule has 2 aromatic heterocycles. The average molecular weight is 367 g/mol. The maximum Gasteiger partial charge on any atom is 0.261 e. The lowest BCUT2D eigenvalue weighted by Crippen LogP contribution is -2.36. The first kappa shape index (κ1) is 18.7. The van der Waals surface area contributed by atoms with Crippen LogP contribution in [0.1, 0.15) is 30.8 Å². The van der Waals surface area contributed by atoms with Gasteiger partial charge in [0.15, 0.2) is 6.10 Å². The molecule has 2 heterocycles. The smallest absolute Gasteiger partial charge is 0.261 e. The first-order valence-corrected chi connectivity index (χ1v) is 9.07. The van der Waals surface area contributed by atoms with Crippen LogP contribution in [0.25, 0.3) is 5.69 Å². The van der Waals surface area contributed by atoms with E-state index in [-0.39, 0.29) is 5.91 Å². The van der Waals surface area contributed by atoms with Gasteiger partial charge in [-0.15, -0.1) is 5.10 Å². The fourth-order valence-electron chi connectivity index (χ4n) is 2.83. The Hall–Kier alpha value is -3.09. The largest absolute Gasteiger partial charge is 0.463 e. The van der Waals surface area contributed by atoms with Gasteiger partial charge in [-0.05, 0) is 45.9 Å². The van der Waals surface area contributed by atoms with Gasteiger partial charge in [-0.25, -0.2) is 4.68 Å². The van der Waals surface area contributed by atoms with E-state index in [1.165, 1.54) is 0 Å². The van der Waals surface area contributed by atoms with Gasteiger partial charge in [0.2, 0.25) is 5.88 Å². The fraction of sp³-hybridized carbons (Fsp3) is 0.350. The second-order valence-corrected chi connectivity index (χ2v) is 6.47. The maximum absolute atomic E-state index is 12.4. The number of hydrogen-bond acceptors (Lipinski definition) is 4. The van der Waals surface area contributed by atoms with Crippen LogP contribution in [0, 0.1) is 13.8 Å². The van der Waals surface area contributed by atoms with Crippen molar-refractivity contribution in [2.45, 2.75) is 46.9 Å². The first-order valence-electron chi connectivity index (χ1n) is 9.07. The first-order chi connectivity index (χ1) is 13.0. The van der Waals surface area contributed by atoms with Gasteiger partial charge in [0.05, 0.1) is 23.6 Å². The van der Waals surface area contributed by atoms with E-state index < -0.39 is 6.10 Å². The van der Waals surface area contributed by atoms with Gasteiger partial charge in [-0.2, -0.15) is 5.10 Å². The minimum absolute atomic E-state index is 0.190. The number of aryl methyl sites for hydroxylation is 3. The summed E-state index contributed by atoms with van der Waals surface area (Å²) < 4.78 is 9.42. The van der Waals surface area contributed by atoms with E-state index in [1.807, 2.05) is 68.0 Å². The second kappa shape index (κ2) is 8.07. The summed E-state index contributed by atoms with van der Waals surface area (Å²) >= 11 is 0. The maximum atomic E-state index is 12.4. The number of carbonyl (C=O) groups is 1. The second-order valence-electron chi connectivity index (χ2n) is 6.47. The normalized spacial score (nSPS) is 12.0. The highest BCUT2D eigenvalue weighted by Gasteiger charge is 2.18. The summed E-state index contributed by atoms with van der Waals surface area (Å²) in [5, 5.41) is 11.7. The van der Waals surface area contributed by atoms with Crippen molar-refractivity contribution in [1.82, 2.24) is 24.9 Å². The van der Waals surface area contributed by atoms with E-state index in [4.69, 9.17) is 4.74 Å². The molecule has 0 spiro atoms. The topological polar surface area (TPSA) is 74.0 Å². The van der Waals surface area contributed by atoms with Gasteiger partial charge in [-0.3, -0.25) is 9.48 Å². The third kappa shape index (κ3) is 4.36. The molecule has 7 heteroatoms. The zero-order chi connectivity index (χ0) is 19.4. The molecule has 7 nitrogen and oxygen atoms in total. The zero-order valence-electron chi connectivity index (χ0n) is 16.1. The minimum Gasteiger partial charge on any atom is -0.463 e. The van der Waals surface area contributed by atoms with Crippen LogP contribution in [0.5, 0.6) is 5.88 Å². The molecule has 3 rings (SSSR count). The van der Waals surface area contributed by atoms with Crippen molar-refractivity contribution in [3.63, 3.8) is 0 Å². The number of hydrogen-bond donors (Lipinski definition) is 1. The quantitative estimate of drug-likeness (QED) is 0.697. The number of amides is 1. The van der Waals surface area contributed by atoms with Crippen LogP contribution in [-0.2, 0) is 17.9 Å². The van der Waals surface area contributed by atoms with Crippen molar-refractivity contribution >= 4 is 5.91 Å². The van der Waals surface area contributed by atoms with Gasteiger partial charge in [-0.1, -0.05) is 18.2 Å². The summed E-state index contributed by atoms with van der Waals surface area (Å²) in [7, 11) is 0. The number of ether oxygens (including phenoxy) is 1. The Labute approximate surface area is 159 Å². The standard InChI is InChI=1S/C20H25N5O2/c1-5-24-18(11-15(3)22-24)12-21-19(26)16(4)27-20-14(2)13-25(23-20)17-9-7-6-8-10-17/h6-11,13,16H,5,12H2,1-4H3,(H,21,26). The molecule has 1 amide bonds. The summed E-state index contributed by atoms with van der Waals surface area (Å²) in [5.41, 5.74) is 3.72. The molecule has 0 aliphatic heterocycles. The van der Waals surface area contributed by atoms with Gasteiger partial charge in [0, 0.05) is 18.3 Å². The molecule has 27 heavy (non-hydrogen) atoms. The van der Waals surface area contributed by atoms with E-state index in [0.717, 1.165) is 29.2 Å². The molecule has 0 saturated carbocycles. The van der Waals surface area contributed by atoms with E-state index >= 15 is 0 Å². The van der Waals surface area contributed by atoms with Crippen LogP contribution in [0.4, 0.5) is 0 Å². The fourth-order valence-corrected chi connectivity index (χ4v) is 2.83. The summed E-state index contributed by atoms with van der Waals surface area (Å²) in [6.45, 7) is 8.78. The predicted octanol–water partition coefficient (Wildman–Crippen LogP) is 2.79. The minimum atomic E-state index is -0.651. The Kier molecular flexibility index (Phi) is 5.59. The molecule has 0 aliphatic carbocycles. The van der Waals surface area contributed by atoms with Crippen molar-refractivity contribution in [2.75, 3.05) is 0 Å². The number of nitrogens with one attached hydrogen (secondary N) is 1. The van der Waals surface area contributed by atoms with Crippen LogP contribution in [0.15, 0.2) is 42.6 Å². The Bertz CT molecular complexity index is 914. The lowest BCUT2D eigenvalue weighted by Gasteiger charge is -2.14. The molecule has 1 atom stereocenters. The van der Waals surface area contributed by atoms with Gasteiger partial charge in [0.1, 0.15) is 0 Å². The monoisotopic (exact) mass is 367 g/mol. The van der Waals surface area contributed by atoms with E-state index in [1.54, 1.807) is 11.6 Å². The van der Waals surface area contributed by atoms with Crippen molar-refractivity contribution in [1.29, 1.82) is 0 Å². The highest BCUT2D eigenvalue weighted by molar-refractivity contribution is 5.80. The number of aromatic nitrogens is 4. The van der Waals surface area contributed by atoms with E-state index in [0.29, 0.717) is 12.4 Å². The predicted molar refractivity (Wildman–Crippen MR) is 103 cm³/mol. The summed E-state index contributed by atoms with van der Waals surface area (Å²) in [6.07, 6.45) is 1.24. The molecule has 1 unspecified atom stereocenters.